The van der Waals surface area contributed by atoms with E-state index in [2.05, 4.69) is 180 Å². The third-order valence-corrected chi connectivity index (χ3v) is 20.8. The van der Waals surface area contributed by atoms with Gasteiger partial charge < -0.3 is 18.9 Å². The number of hydrogen-bond acceptors (Lipinski definition) is 8. The summed E-state index contributed by atoms with van der Waals surface area (Å²) < 4.78 is 32.6. The summed E-state index contributed by atoms with van der Waals surface area (Å²) in [6, 6.07) is 34.8. The average molecular weight is 1030 g/mol. The summed E-state index contributed by atoms with van der Waals surface area (Å²) >= 11 is 7.51. The summed E-state index contributed by atoms with van der Waals surface area (Å²) in [4.78, 5) is 0. The fourth-order valence-corrected chi connectivity index (χ4v) is 15.3. The number of methoxy groups -OCH3 is 4. The van der Waals surface area contributed by atoms with Crippen molar-refractivity contribution in [2.75, 3.05) is 28.4 Å². The minimum absolute atomic E-state index is 0.975. The minimum Gasteiger partial charge on any atom is -0.496 e. The summed E-state index contributed by atoms with van der Waals surface area (Å²) in [6.07, 6.45) is 0. The van der Waals surface area contributed by atoms with Crippen molar-refractivity contribution >= 4 is 126 Å². The van der Waals surface area contributed by atoms with E-state index in [-0.39, 0.29) is 0 Å². The molecule has 368 valence electrons. The summed E-state index contributed by atoms with van der Waals surface area (Å²) in [7, 11) is 6.93. The molecule has 0 aliphatic rings. The number of fused-ring (bicyclic) bond motifs is 12. The molecule has 0 aliphatic heterocycles. The molecule has 0 saturated heterocycles. The monoisotopic (exact) mass is 1020 g/mol. The van der Waals surface area contributed by atoms with Crippen molar-refractivity contribution in [3.8, 4) is 23.0 Å². The predicted octanol–water partition coefficient (Wildman–Crippen LogP) is 20.0. The minimum atomic E-state index is 0.975. The second kappa shape index (κ2) is 20.4. The van der Waals surface area contributed by atoms with Crippen molar-refractivity contribution in [2.24, 2.45) is 0 Å². The lowest BCUT2D eigenvalue weighted by molar-refractivity contribution is 0.412. The molecule has 8 heteroatoms. The molecule has 0 saturated carbocycles. The van der Waals surface area contributed by atoms with Gasteiger partial charge in [0, 0.05) is 103 Å². The highest BCUT2D eigenvalue weighted by Gasteiger charge is 2.16. The van der Waals surface area contributed by atoms with Crippen molar-refractivity contribution in [1.82, 2.24) is 0 Å². The van der Waals surface area contributed by atoms with E-state index in [1.54, 1.807) is 28.4 Å². The van der Waals surface area contributed by atoms with Gasteiger partial charge >= 0.3 is 0 Å². The number of thiophene rings is 4. The van der Waals surface area contributed by atoms with E-state index in [4.69, 9.17) is 18.9 Å². The maximum Gasteiger partial charge on any atom is 0.123 e. The Morgan fingerprint density at radius 3 is 0.528 bits per heavy atom. The van der Waals surface area contributed by atoms with E-state index in [1.165, 1.54) is 147 Å². The topological polar surface area (TPSA) is 36.9 Å². The maximum absolute atomic E-state index is 5.41. The van der Waals surface area contributed by atoms with Gasteiger partial charge in [-0.25, -0.2) is 0 Å². The van der Waals surface area contributed by atoms with Crippen LogP contribution in [0.15, 0.2) is 97.1 Å². The standard InChI is InChI=1S/4C16H16OS/c4*1-9-5-6-12-13-7-8-14(17-4)11(3)16(13)18-15(12)10(9)2/h4*5-8H,1-4H3. The van der Waals surface area contributed by atoms with Gasteiger partial charge in [0.1, 0.15) is 23.0 Å². The van der Waals surface area contributed by atoms with Gasteiger partial charge in [-0.15, -0.1) is 45.3 Å². The van der Waals surface area contributed by atoms with E-state index in [0.717, 1.165) is 23.0 Å². The smallest absolute Gasteiger partial charge is 0.123 e. The van der Waals surface area contributed by atoms with Crippen molar-refractivity contribution in [3.63, 3.8) is 0 Å². The van der Waals surface area contributed by atoms with Crippen LogP contribution in [0.2, 0.25) is 0 Å². The second-order valence-corrected chi connectivity index (χ2v) is 23.1. The van der Waals surface area contributed by atoms with Crippen LogP contribution in [-0.2, 0) is 0 Å². The zero-order chi connectivity index (χ0) is 51.4. The molecule has 72 heavy (non-hydrogen) atoms. The van der Waals surface area contributed by atoms with Crippen molar-refractivity contribution < 1.29 is 18.9 Å². The van der Waals surface area contributed by atoms with E-state index >= 15 is 0 Å². The molecule has 0 aliphatic carbocycles. The summed E-state index contributed by atoms with van der Waals surface area (Å²) in [6.45, 7) is 26.1. The van der Waals surface area contributed by atoms with Gasteiger partial charge in [0.05, 0.1) is 28.4 Å². The Morgan fingerprint density at radius 1 is 0.208 bits per heavy atom. The lowest BCUT2D eigenvalue weighted by Crippen LogP contribution is -1.85. The molecule has 0 amide bonds. The lowest BCUT2D eigenvalue weighted by atomic mass is 10.0. The Hall–Kier alpha value is -6.16. The maximum atomic E-state index is 5.41. The molecular formula is C64H64O4S4. The number of rotatable bonds is 4. The van der Waals surface area contributed by atoms with E-state index < -0.39 is 0 Å². The van der Waals surface area contributed by atoms with Crippen LogP contribution in [0, 0.1) is 83.1 Å². The van der Waals surface area contributed by atoms with E-state index in [1.807, 2.05) is 45.3 Å². The van der Waals surface area contributed by atoms with E-state index in [9.17, 15) is 0 Å². The number of benzene rings is 8. The van der Waals surface area contributed by atoms with Crippen LogP contribution in [0.1, 0.15) is 66.8 Å². The average Bonchev–Trinajstić information content (AvgIpc) is 4.17. The Morgan fingerprint density at radius 2 is 0.361 bits per heavy atom. The first-order chi connectivity index (χ1) is 34.5. The normalized spacial score (nSPS) is 11.3. The zero-order valence-electron chi connectivity index (χ0n) is 44.5. The van der Waals surface area contributed by atoms with Crippen LogP contribution >= 0.6 is 45.3 Å². The van der Waals surface area contributed by atoms with Crippen LogP contribution in [0.4, 0.5) is 0 Å². The molecule has 0 spiro atoms. The van der Waals surface area contributed by atoms with Gasteiger partial charge in [-0.3, -0.25) is 0 Å². The third kappa shape index (κ3) is 8.74. The highest BCUT2D eigenvalue weighted by atomic mass is 32.1. The van der Waals surface area contributed by atoms with Crippen LogP contribution in [-0.4, -0.2) is 28.4 Å². The Balaban J connectivity index is 0.000000119. The molecule has 0 N–H and O–H groups in total. The van der Waals surface area contributed by atoms with Gasteiger partial charge in [0.15, 0.2) is 0 Å². The Kier molecular flexibility index (Phi) is 14.4. The predicted molar refractivity (Wildman–Crippen MR) is 320 cm³/mol. The highest BCUT2D eigenvalue weighted by Crippen LogP contribution is 2.45. The molecule has 8 aromatic carbocycles. The Labute approximate surface area is 440 Å². The first-order valence-corrected chi connectivity index (χ1v) is 27.6. The summed E-state index contributed by atoms with van der Waals surface area (Å²) in [5, 5.41) is 10.8. The number of hydrogen-bond donors (Lipinski definition) is 0. The van der Waals surface area contributed by atoms with Gasteiger partial charge in [0.25, 0.3) is 0 Å². The summed E-state index contributed by atoms with van der Waals surface area (Å²) in [5.41, 5.74) is 16.0. The van der Waals surface area contributed by atoms with Crippen LogP contribution in [0.25, 0.3) is 80.7 Å². The second-order valence-electron chi connectivity index (χ2n) is 19.0. The third-order valence-electron chi connectivity index (χ3n) is 15.0. The quantitative estimate of drug-likeness (QED) is 0.176. The molecule has 12 rings (SSSR count). The van der Waals surface area contributed by atoms with Crippen LogP contribution < -0.4 is 18.9 Å². The number of aryl methyl sites for hydroxylation is 12. The SMILES string of the molecule is COc1ccc2c(sc3c(C)c(C)ccc32)c1C.COc1ccc2c(sc3c(C)c(C)ccc32)c1C.COc1ccc2c(sc3c(C)c(C)ccc32)c1C.COc1ccc2c(sc3c(C)c(C)ccc32)c1C. The van der Waals surface area contributed by atoms with Crippen LogP contribution in [0.5, 0.6) is 23.0 Å². The van der Waals surface area contributed by atoms with Crippen molar-refractivity contribution in [1.29, 1.82) is 0 Å². The number of ether oxygens (including phenoxy) is 4. The van der Waals surface area contributed by atoms with E-state index in [0.29, 0.717) is 0 Å². The zero-order valence-corrected chi connectivity index (χ0v) is 47.8. The first-order valence-electron chi connectivity index (χ1n) is 24.4. The largest absolute Gasteiger partial charge is 0.496 e. The molecule has 0 fully saturated rings. The molecular weight excluding hydrogens is 961 g/mol. The summed E-state index contributed by atoms with van der Waals surface area (Å²) in [5.74, 6) is 3.90. The molecule has 4 nitrogen and oxygen atoms in total. The molecule has 12 aromatic rings. The van der Waals surface area contributed by atoms with Gasteiger partial charge in [-0.05, 0) is 176 Å². The Bertz CT molecular complexity index is 3540. The molecule has 4 heterocycles. The first kappa shape index (κ1) is 50.8. The molecule has 0 bridgehead atoms. The molecule has 0 radical (unpaired) electrons. The van der Waals surface area contributed by atoms with Crippen molar-refractivity contribution in [2.45, 2.75) is 83.1 Å². The fourth-order valence-electron chi connectivity index (χ4n) is 9.90. The van der Waals surface area contributed by atoms with Crippen LogP contribution in [0.3, 0.4) is 0 Å². The highest BCUT2D eigenvalue weighted by molar-refractivity contribution is 7.27. The lowest BCUT2D eigenvalue weighted by Gasteiger charge is -2.04. The van der Waals surface area contributed by atoms with Gasteiger partial charge in [-0.1, -0.05) is 48.5 Å². The van der Waals surface area contributed by atoms with Gasteiger partial charge in [0.2, 0.25) is 0 Å². The van der Waals surface area contributed by atoms with Gasteiger partial charge in [-0.2, -0.15) is 0 Å². The molecule has 4 aromatic heterocycles. The fraction of sp³-hybridized carbons (Fsp3) is 0.250. The molecule has 0 atom stereocenters. The molecule has 0 unspecified atom stereocenters. The van der Waals surface area contributed by atoms with Crippen molar-refractivity contribution in [3.05, 3.63) is 164 Å².